The Morgan fingerprint density at radius 1 is 1.14 bits per heavy atom. The molecule has 1 atom stereocenters. The number of rotatable bonds is 10. The number of hydrogen-bond donors (Lipinski definition) is 1. The third kappa shape index (κ3) is 6.16. The molecule has 1 aliphatic heterocycles. The van der Waals surface area contributed by atoms with E-state index in [4.69, 9.17) is 0 Å². The largest absolute Gasteiger partial charge is 0.331 e. The number of amides is 3. The van der Waals surface area contributed by atoms with E-state index in [1.54, 1.807) is 4.90 Å². The van der Waals surface area contributed by atoms with Gasteiger partial charge in [0.15, 0.2) is 0 Å². The molecule has 3 amide bonds. The lowest BCUT2D eigenvalue weighted by Gasteiger charge is -2.25. The number of nitrogens with zero attached hydrogens (tertiary/aromatic N) is 1. The molecule has 1 aliphatic rings. The van der Waals surface area contributed by atoms with E-state index < -0.39 is 6.04 Å². The minimum absolute atomic E-state index is 0.0189. The number of likely N-dealkylation sites (tertiary alicyclic amines) is 1. The molecule has 126 valence electrons. The van der Waals surface area contributed by atoms with Gasteiger partial charge in [-0.15, -0.1) is 0 Å². The molecular formula is C17H30N2O3. The zero-order chi connectivity index (χ0) is 16.4. The van der Waals surface area contributed by atoms with Crippen LogP contribution in [0.1, 0.15) is 78.1 Å². The van der Waals surface area contributed by atoms with Crippen molar-refractivity contribution in [1.82, 2.24) is 10.2 Å². The summed E-state index contributed by atoms with van der Waals surface area (Å²) in [5, 5.41) is 2.46. The fourth-order valence-corrected chi connectivity index (χ4v) is 2.90. The van der Waals surface area contributed by atoms with Gasteiger partial charge in [0.1, 0.15) is 6.04 Å². The molecule has 0 aromatic carbocycles. The molecule has 0 radical (unpaired) electrons. The van der Waals surface area contributed by atoms with Crippen LogP contribution in [0.5, 0.6) is 0 Å². The standard InChI is InChI=1S/C17H30N2O3/c1-3-5-6-7-8-9-11-15(20)18-17(22)14(4-2)19-13-10-12-16(19)21/h14H,3-13H2,1-2H3,(H,18,20,22)/t14-/m0/s1. The van der Waals surface area contributed by atoms with Gasteiger partial charge in [0.25, 0.3) is 0 Å². The summed E-state index contributed by atoms with van der Waals surface area (Å²) in [5.41, 5.74) is 0. The highest BCUT2D eigenvalue weighted by molar-refractivity contribution is 5.99. The number of nitrogens with one attached hydrogen (secondary N) is 1. The van der Waals surface area contributed by atoms with Gasteiger partial charge < -0.3 is 4.90 Å². The maximum absolute atomic E-state index is 12.2. The van der Waals surface area contributed by atoms with Crippen LogP contribution in [0.15, 0.2) is 0 Å². The molecule has 1 saturated heterocycles. The summed E-state index contributed by atoms with van der Waals surface area (Å²) in [6.07, 6.45) is 8.91. The van der Waals surface area contributed by atoms with Crippen molar-refractivity contribution in [1.29, 1.82) is 0 Å². The van der Waals surface area contributed by atoms with Crippen molar-refractivity contribution >= 4 is 17.7 Å². The Kier molecular flexibility index (Phi) is 8.78. The van der Waals surface area contributed by atoms with Crippen LogP contribution in [-0.2, 0) is 14.4 Å². The fraction of sp³-hybridized carbons (Fsp3) is 0.824. The molecule has 0 aromatic heterocycles. The molecule has 0 spiro atoms. The van der Waals surface area contributed by atoms with E-state index in [1.807, 2.05) is 6.92 Å². The van der Waals surface area contributed by atoms with Crippen molar-refractivity contribution in [2.75, 3.05) is 6.54 Å². The van der Waals surface area contributed by atoms with Gasteiger partial charge in [0, 0.05) is 19.4 Å². The Morgan fingerprint density at radius 2 is 1.82 bits per heavy atom. The lowest BCUT2D eigenvalue weighted by atomic mass is 10.1. The number of carbonyl (C=O) groups is 3. The topological polar surface area (TPSA) is 66.5 Å². The first-order chi connectivity index (χ1) is 10.6. The summed E-state index contributed by atoms with van der Waals surface area (Å²) >= 11 is 0. The summed E-state index contributed by atoms with van der Waals surface area (Å²) in [5.74, 6) is -0.523. The van der Waals surface area contributed by atoms with Crippen LogP contribution in [0.2, 0.25) is 0 Å². The first-order valence-electron chi connectivity index (χ1n) is 8.73. The van der Waals surface area contributed by atoms with Crippen LogP contribution >= 0.6 is 0 Å². The van der Waals surface area contributed by atoms with Gasteiger partial charge in [-0.3, -0.25) is 19.7 Å². The van der Waals surface area contributed by atoms with E-state index >= 15 is 0 Å². The molecule has 22 heavy (non-hydrogen) atoms. The molecule has 1 N–H and O–H groups in total. The van der Waals surface area contributed by atoms with Gasteiger partial charge in [0.05, 0.1) is 0 Å². The average Bonchev–Trinajstić information content (AvgIpc) is 2.90. The summed E-state index contributed by atoms with van der Waals surface area (Å²) < 4.78 is 0. The number of unbranched alkanes of at least 4 members (excludes halogenated alkanes) is 5. The third-order valence-electron chi connectivity index (χ3n) is 4.20. The van der Waals surface area contributed by atoms with Crippen molar-refractivity contribution in [3.63, 3.8) is 0 Å². The van der Waals surface area contributed by atoms with Gasteiger partial charge in [-0.2, -0.15) is 0 Å². The van der Waals surface area contributed by atoms with Gasteiger partial charge >= 0.3 is 0 Å². The first-order valence-corrected chi connectivity index (χ1v) is 8.73. The Balaban J connectivity index is 2.27. The Hall–Kier alpha value is -1.39. The van der Waals surface area contributed by atoms with Gasteiger partial charge in [-0.1, -0.05) is 46.0 Å². The van der Waals surface area contributed by atoms with Crippen molar-refractivity contribution in [2.45, 2.75) is 84.1 Å². The molecule has 1 heterocycles. The van der Waals surface area contributed by atoms with Crippen LogP contribution in [-0.4, -0.2) is 35.2 Å². The maximum Gasteiger partial charge on any atom is 0.249 e. The third-order valence-corrected chi connectivity index (χ3v) is 4.20. The van der Waals surface area contributed by atoms with Crippen LogP contribution in [0, 0.1) is 0 Å². The van der Waals surface area contributed by atoms with Crippen molar-refractivity contribution in [3.05, 3.63) is 0 Å². The van der Waals surface area contributed by atoms with E-state index in [1.165, 1.54) is 19.3 Å². The van der Waals surface area contributed by atoms with Crippen molar-refractivity contribution in [2.24, 2.45) is 0 Å². The number of carbonyl (C=O) groups excluding carboxylic acids is 3. The van der Waals surface area contributed by atoms with E-state index in [-0.39, 0.29) is 17.7 Å². The predicted octanol–water partition coefficient (Wildman–Crippen LogP) is 2.78. The van der Waals surface area contributed by atoms with E-state index in [2.05, 4.69) is 12.2 Å². The van der Waals surface area contributed by atoms with E-state index in [9.17, 15) is 14.4 Å². The molecule has 0 bridgehead atoms. The summed E-state index contributed by atoms with van der Waals surface area (Å²) in [4.78, 5) is 37.3. The molecule has 0 saturated carbocycles. The first kappa shape index (κ1) is 18.7. The Bertz CT molecular complexity index is 382. The highest BCUT2D eigenvalue weighted by Gasteiger charge is 2.31. The minimum atomic E-state index is -0.497. The van der Waals surface area contributed by atoms with Gasteiger partial charge in [0.2, 0.25) is 17.7 Å². The zero-order valence-corrected chi connectivity index (χ0v) is 14.0. The molecule has 0 aliphatic carbocycles. The number of imide groups is 1. The second kappa shape index (κ2) is 10.4. The Labute approximate surface area is 133 Å². The summed E-state index contributed by atoms with van der Waals surface area (Å²) in [7, 11) is 0. The molecule has 0 unspecified atom stereocenters. The smallest absolute Gasteiger partial charge is 0.249 e. The van der Waals surface area contributed by atoms with Crippen LogP contribution < -0.4 is 5.32 Å². The highest BCUT2D eigenvalue weighted by atomic mass is 16.2. The molecule has 1 rings (SSSR count). The quantitative estimate of drug-likeness (QED) is 0.631. The molecule has 5 heteroatoms. The predicted molar refractivity (Wildman–Crippen MR) is 86.2 cm³/mol. The normalized spacial score (nSPS) is 15.9. The average molecular weight is 310 g/mol. The van der Waals surface area contributed by atoms with E-state index in [0.717, 1.165) is 25.7 Å². The lowest BCUT2D eigenvalue weighted by molar-refractivity contribution is -0.140. The second-order valence-electron chi connectivity index (χ2n) is 6.04. The van der Waals surface area contributed by atoms with Crippen LogP contribution in [0.25, 0.3) is 0 Å². The van der Waals surface area contributed by atoms with Crippen molar-refractivity contribution in [3.8, 4) is 0 Å². The summed E-state index contributed by atoms with van der Waals surface area (Å²) in [6.45, 7) is 4.67. The fourth-order valence-electron chi connectivity index (χ4n) is 2.90. The van der Waals surface area contributed by atoms with E-state index in [0.29, 0.717) is 25.8 Å². The zero-order valence-electron chi connectivity index (χ0n) is 14.0. The number of hydrogen-bond acceptors (Lipinski definition) is 3. The van der Waals surface area contributed by atoms with Crippen molar-refractivity contribution < 1.29 is 14.4 Å². The molecule has 5 nitrogen and oxygen atoms in total. The van der Waals surface area contributed by atoms with Crippen LogP contribution in [0.4, 0.5) is 0 Å². The second-order valence-corrected chi connectivity index (χ2v) is 6.04. The monoisotopic (exact) mass is 310 g/mol. The Morgan fingerprint density at radius 3 is 2.41 bits per heavy atom. The molecule has 1 fully saturated rings. The van der Waals surface area contributed by atoms with Gasteiger partial charge in [-0.05, 0) is 19.3 Å². The SMILES string of the molecule is CCCCCCCCC(=O)NC(=O)[C@H](CC)N1CCCC1=O. The maximum atomic E-state index is 12.2. The molecule has 0 aromatic rings. The minimum Gasteiger partial charge on any atom is -0.331 e. The van der Waals surface area contributed by atoms with Crippen LogP contribution in [0.3, 0.4) is 0 Å². The molecular weight excluding hydrogens is 280 g/mol. The summed E-state index contributed by atoms with van der Waals surface area (Å²) in [6, 6.07) is -0.497. The lowest BCUT2D eigenvalue weighted by Crippen LogP contribution is -2.48. The highest BCUT2D eigenvalue weighted by Crippen LogP contribution is 2.16. The van der Waals surface area contributed by atoms with Gasteiger partial charge in [-0.25, -0.2) is 0 Å².